The van der Waals surface area contributed by atoms with Crippen LogP contribution in [0.1, 0.15) is 29.9 Å². The van der Waals surface area contributed by atoms with Crippen LogP contribution in [0.2, 0.25) is 0 Å². The molecule has 1 atom stereocenters. The van der Waals surface area contributed by atoms with Crippen molar-refractivity contribution in [2.24, 2.45) is 5.92 Å². The highest BCUT2D eigenvalue weighted by molar-refractivity contribution is 5.89. The molecule has 1 N–H and O–H groups in total. The van der Waals surface area contributed by atoms with Gasteiger partial charge in [-0.05, 0) is 55.9 Å². The van der Waals surface area contributed by atoms with Crippen LogP contribution in [0.3, 0.4) is 0 Å². The molecule has 0 radical (unpaired) electrons. The number of amides is 2. The first kappa shape index (κ1) is 19.0. The fraction of sp³-hybridized carbons (Fsp3) is 0.381. The number of hydrogen-bond acceptors (Lipinski definition) is 6. The number of anilines is 1. The molecular formula is C21H24N6O2. The molecule has 3 aromatic rings. The highest BCUT2D eigenvalue weighted by Crippen LogP contribution is 2.23. The fourth-order valence-electron chi connectivity index (χ4n) is 3.77. The molecule has 8 nitrogen and oxygen atoms in total. The van der Waals surface area contributed by atoms with E-state index in [9.17, 15) is 4.79 Å². The largest absolute Gasteiger partial charge is 0.339 e. The minimum atomic E-state index is -0.0644. The summed E-state index contributed by atoms with van der Waals surface area (Å²) in [7, 11) is 0. The summed E-state index contributed by atoms with van der Waals surface area (Å²) in [5, 5.41) is 7.02. The van der Waals surface area contributed by atoms with Crippen LogP contribution in [0.5, 0.6) is 0 Å². The predicted octanol–water partition coefficient (Wildman–Crippen LogP) is 3.63. The van der Waals surface area contributed by atoms with Gasteiger partial charge in [0, 0.05) is 37.6 Å². The first-order valence-electron chi connectivity index (χ1n) is 9.80. The summed E-state index contributed by atoms with van der Waals surface area (Å²) in [5.41, 5.74) is 3.68. The second-order valence-electron chi connectivity index (χ2n) is 7.57. The molecule has 1 saturated heterocycles. The normalized spacial score (nSPS) is 16.6. The number of rotatable bonds is 4. The minimum Gasteiger partial charge on any atom is -0.339 e. The maximum atomic E-state index is 12.7. The predicted molar refractivity (Wildman–Crippen MR) is 108 cm³/mol. The Morgan fingerprint density at radius 3 is 2.83 bits per heavy atom. The van der Waals surface area contributed by atoms with Crippen LogP contribution in [0, 0.1) is 19.8 Å². The van der Waals surface area contributed by atoms with Crippen LogP contribution < -0.4 is 5.32 Å². The van der Waals surface area contributed by atoms with E-state index >= 15 is 0 Å². The van der Waals surface area contributed by atoms with Gasteiger partial charge in [-0.25, -0.2) is 9.78 Å². The van der Waals surface area contributed by atoms with E-state index in [0.29, 0.717) is 30.4 Å². The zero-order valence-corrected chi connectivity index (χ0v) is 16.6. The van der Waals surface area contributed by atoms with Crippen molar-refractivity contribution in [2.45, 2.75) is 33.1 Å². The molecule has 1 aliphatic heterocycles. The number of carbonyl (C=O) groups is 1. The maximum Gasteiger partial charge on any atom is 0.321 e. The standard InChI is InChI=1S/C21H24N6O2/c1-14-8-15(2)10-17(9-14)24-21(28)27-7-3-4-16(13-27)11-19-25-20(26-29-19)18-12-22-5-6-23-18/h5-6,8-10,12,16H,3-4,7,11,13H2,1-2H3,(H,24,28). The first-order chi connectivity index (χ1) is 14.1. The maximum absolute atomic E-state index is 12.7. The van der Waals surface area contributed by atoms with Gasteiger partial charge < -0.3 is 14.7 Å². The number of nitrogens with zero attached hydrogens (tertiary/aromatic N) is 5. The summed E-state index contributed by atoms with van der Waals surface area (Å²) in [6, 6.07) is 5.99. The van der Waals surface area contributed by atoms with Gasteiger partial charge in [0.05, 0.1) is 6.20 Å². The van der Waals surface area contributed by atoms with Crippen molar-refractivity contribution in [2.75, 3.05) is 18.4 Å². The third-order valence-electron chi connectivity index (χ3n) is 5.00. The highest BCUT2D eigenvalue weighted by atomic mass is 16.5. The fourth-order valence-corrected chi connectivity index (χ4v) is 3.77. The zero-order valence-electron chi connectivity index (χ0n) is 16.6. The molecule has 29 heavy (non-hydrogen) atoms. The van der Waals surface area contributed by atoms with E-state index in [1.165, 1.54) is 0 Å². The number of likely N-dealkylation sites (tertiary alicyclic amines) is 1. The second-order valence-corrected chi connectivity index (χ2v) is 7.57. The van der Waals surface area contributed by atoms with Crippen molar-refractivity contribution < 1.29 is 9.32 Å². The molecule has 3 heterocycles. The van der Waals surface area contributed by atoms with Crippen LogP contribution in [0.15, 0.2) is 41.3 Å². The summed E-state index contributed by atoms with van der Waals surface area (Å²) >= 11 is 0. The summed E-state index contributed by atoms with van der Waals surface area (Å²) in [5.74, 6) is 1.28. The Morgan fingerprint density at radius 2 is 2.07 bits per heavy atom. The molecule has 2 aromatic heterocycles. The molecule has 0 spiro atoms. The summed E-state index contributed by atoms with van der Waals surface area (Å²) in [6.07, 6.45) is 7.42. The van der Waals surface area contributed by atoms with Gasteiger partial charge in [-0.15, -0.1) is 0 Å². The van der Waals surface area contributed by atoms with E-state index in [1.807, 2.05) is 30.9 Å². The lowest BCUT2D eigenvalue weighted by atomic mass is 9.95. The van der Waals surface area contributed by atoms with Gasteiger partial charge in [0.2, 0.25) is 11.7 Å². The van der Waals surface area contributed by atoms with Crippen LogP contribution in [0.4, 0.5) is 10.5 Å². The molecule has 1 unspecified atom stereocenters. The smallest absolute Gasteiger partial charge is 0.321 e. The van der Waals surface area contributed by atoms with Crippen molar-refractivity contribution in [1.82, 2.24) is 25.0 Å². The van der Waals surface area contributed by atoms with Gasteiger partial charge >= 0.3 is 6.03 Å². The Bertz CT molecular complexity index is 968. The van der Waals surface area contributed by atoms with Gasteiger partial charge in [0.25, 0.3) is 0 Å². The number of aryl methyl sites for hydroxylation is 2. The lowest BCUT2D eigenvalue weighted by molar-refractivity contribution is 0.173. The number of benzene rings is 1. The monoisotopic (exact) mass is 392 g/mol. The number of nitrogens with one attached hydrogen (secondary N) is 1. The quantitative estimate of drug-likeness (QED) is 0.728. The van der Waals surface area contributed by atoms with Gasteiger partial charge in [-0.3, -0.25) is 4.98 Å². The zero-order chi connectivity index (χ0) is 20.2. The number of carbonyl (C=O) groups excluding carboxylic acids is 1. The first-order valence-corrected chi connectivity index (χ1v) is 9.80. The van der Waals surface area contributed by atoms with E-state index in [4.69, 9.17) is 4.52 Å². The van der Waals surface area contributed by atoms with Crippen LogP contribution in [-0.2, 0) is 6.42 Å². The van der Waals surface area contributed by atoms with Crippen molar-refractivity contribution in [3.63, 3.8) is 0 Å². The molecule has 1 aromatic carbocycles. The van der Waals surface area contributed by atoms with E-state index in [0.717, 1.165) is 36.2 Å². The topological polar surface area (TPSA) is 97.0 Å². The molecule has 1 aliphatic rings. The number of piperidine rings is 1. The molecule has 150 valence electrons. The van der Waals surface area contributed by atoms with Crippen LogP contribution in [-0.4, -0.2) is 44.1 Å². The Labute approximate surface area is 169 Å². The second kappa shape index (κ2) is 8.38. The van der Waals surface area contributed by atoms with E-state index in [-0.39, 0.29) is 11.9 Å². The van der Waals surface area contributed by atoms with Gasteiger partial charge in [0.1, 0.15) is 5.69 Å². The van der Waals surface area contributed by atoms with Crippen LogP contribution >= 0.6 is 0 Å². The molecule has 4 rings (SSSR count). The van der Waals surface area contributed by atoms with Crippen molar-refractivity contribution >= 4 is 11.7 Å². The Morgan fingerprint density at radius 1 is 1.24 bits per heavy atom. The highest BCUT2D eigenvalue weighted by Gasteiger charge is 2.26. The number of hydrogen-bond donors (Lipinski definition) is 1. The molecule has 8 heteroatoms. The SMILES string of the molecule is Cc1cc(C)cc(NC(=O)N2CCCC(Cc3nc(-c4cnccn4)no3)C2)c1. The number of aromatic nitrogens is 4. The Hall–Kier alpha value is -3.29. The van der Waals surface area contributed by atoms with Crippen molar-refractivity contribution in [3.8, 4) is 11.5 Å². The van der Waals surface area contributed by atoms with Crippen LogP contribution in [0.25, 0.3) is 11.5 Å². The van der Waals surface area contributed by atoms with Crippen molar-refractivity contribution in [3.05, 3.63) is 53.8 Å². The lowest BCUT2D eigenvalue weighted by Crippen LogP contribution is -2.42. The van der Waals surface area contributed by atoms with E-state index in [2.05, 4.69) is 31.5 Å². The molecule has 0 saturated carbocycles. The molecular weight excluding hydrogens is 368 g/mol. The summed E-state index contributed by atoms with van der Waals surface area (Å²) in [4.78, 5) is 27.2. The third kappa shape index (κ3) is 4.77. The summed E-state index contributed by atoms with van der Waals surface area (Å²) in [6.45, 7) is 5.47. The average Bonchev–Trinajstić information content (AvgIpc) is 3.16. The molecule has 0 aliphatic carbocycles. The molecule has 2 amide bonds. The van der Waals surface area contributed by atoms with Gasteiger partial charge in [-0.1, -0.05) is 11.2 Å². The van der Waals surface area contributed by atoms with E-state index < -0.39 is 0 Å². The van der Waals surface area contributed by atoms with Gasteiger partial charge in [0.15, 0.2) is 0 Å². The minimum absolute atomic E-state index is 0.0644. The van der Waals surface area contributed by atoms with E-state index in [1.54, 1.807) is 18.6 Å². The summed E-state index contributed by atoms with van der Waals surface area (Å²) < 4.78 is 5.39. The Balaban J connectivity index is 1.37. The molecule has 1 fully saturated rings. The third-order valence-corrected chi connectivity index (χ3v) is 5.00. The number of urea groups is 1. The van der Waals surface area contributed by atoms with Gasteiger partial charge in [-0.2, -0.15) is 4.98 Å². The molecule has 0 bridgehead atoms. The lowest BCUT2D eigenvalue weighted by Gasteiger charge is -2.32. The Kier molecular flexibility index (Phi) is 5.50. The average molecular weight is 392 g/mol. The van der Waals surface area contributed by atoms with Crippen molar-refractivity contribution in [1.29, 1.82) is 0 Å².